The lowest BCUT2D eigenvalue weighted by atomic mass is 10.2. The van der Waals surface area contributed by atoms with E-state index in [1.54, 1.807) is 6.92 Å². The summed E-state index contributed by atoms with van der Waals surface area (Å²) in [5.41, 5.74) is 0.890. The van der Waals surface area contributed by atoms with Gasteiger partial charge in [0.2, 0.25) is 0 Å². The fourth-order valence-corrected chi connectivity index (χ4v) is 2.82. The molecule has 88 valence electrons. The molecule has 0 fully saturated rings. The summed E-state index contributed by atoms with van der Waals surface area (Å²) in [6.45, 7) is 3.65. The van der Waals surface area contributed by atoms with Crippen molar-refractivity contribution in [2.24, 2.45) is 0 Å². The zero-order chi connectivity index (χ0) is 12.3. The van der Waals surface area contributed by atoms with Crippen molar-refractivity contribution in [3.8, 4) is 5.75 Å². The predicted molar refractivity (Wildman–Crippen MR) is 68.9 cm³/mol. The highest BCUT2D eigenvalue weighted by Gasteiger charge is 2.19. The number of halogens is 2. The van der Waals surface area contributed by atoms with Crippen LogP contribution in [-0.4, -0.2) is 17.2 Å². The summed E-state index contributed by atoms with van der Waals surface area (Å²) in [7, 11) is 0. The van der Waals surface area contributed by atoms with Gasteiger partial charge < -0.3 is 9.84 Å². The highest BCUT2D eigenvalue weighted by atomic mass is 79.9. The Morgan fingerprint density at radius 3 is 2.56 bits per heavy atom. The molecule has 0 radical (unpaired) electrons. The molecule has 0 heterocycles. The smallest absolute Gasteiger partial charge is 0.344 e. The Hall–Kier alpha value is -0.550. The van der Waals surface area contributed by atoms with E-state index >= 15 is 0 Å². The van der Waals surface area contributed by atoms with Crippen LogP contribution < -0.4 is 4.74 Å². The number of rotatable bonds is 4. The van der Waals surface area contributed by atoms with Gasteiger partial charge in [-0.2, -0.15) is 0 Å². The largest absolute Gasteiger partial charge is 0.479 e. The minimum absolute atomic E-state index is 0.428. The molecule has 1 rings (SSSR count). The van der Waals surface area contributed by atoms with Crippen LogP contribution in [0.25, 0.3) is 0 Å². The first-order valence-corrected chi connectivity index (χ1v) is 6.39. The summed E-state index contributed by atoms with van der Waals surface area (Å²) in [5, 5.41) is 8.92. The Kier molecular flexibility index (Phi) is 4.80. The maximum Gasteiger partial charge on any atom is 0.344 e. The molecule has 16 heavy (non-hydrogen) atoms. The summed E-state index contributed by atoms with van der Waals surface area (Å²) >= 11 is 6.71. The third-order valence-corrected chi connectivity index (χ3v) is 3.15. The molecule has 3 nitrogen and oxygen atoms in total. The Bertz CT molecular complexity index is 381. The maximum absolute atomic E-state index is 10.9. The lowest BCUT2D eigenvalue weighted by Gasteiger charge is -2.16. The molecule has 0 bridgehead atoms. The topological polar surface area (TPSA) is 46.5 Å². The van der Waals surface area contributed by atoms with Crippen molar-refractivity contribution in [3.05, 3.63) is 26.6 Å². The molecule has 1 unspecified atom stereocenters. The van der Waals surface area contributed by atoms with Gasteiger partial charge in [-0.05, 0) is 47.0 Å². The van der Waals surface area contributed by atoms with Crippen LogP contribution in [0.4, 0.5) is 0 Å². The van der Waals surface area contributed by atoms with Gasteiger partial charge in [-0.3, -0.25) is 0 Å². The van der Waals surface area contributed by atoms with Crippen molar-refractivity contribution in [3.63, 3.8) is 0 Å². The van der Waals surface area contributed by atoms with Crippen molar-refractivity contribution < 1.29 is 14.6 Å². The molecular formula is C11H12Br2O3. The molecule has 0 saturated carbocycles. The van der Waals surface area contributed by atoms with E-state index in [1.165, 1.54) is 0 Å². The van der Waals surface area contributed by atoms with Crippen LogP contribution in [0.2, 0.25) is 0 Å². The lowest BCUT2D eigenvalue weighted by molar-refractivity contribution is -0.145. The molecule has 0 aliphatic rings. The summed E-state index contributed by atoms with van der Waals surface area (Å²) in [4.78, 5) is 10.9. The SMILES string of the molecule is CCC(Oc1c(C)cc(Br)cc1Br)C(=O)O. The molecule has 1 aromatic carbocycles. The van der Waals surface area contributed by atoms with Gasteiger partial charge >= 0.3 is 5.97 Å². The van der Waals surface area contributed by atoms with Gasteiger partial charge in [-0.1, -0.05) is 22.9 Å². The predicted octanol–water partition coefficient (Wildman–Crippen LogP) is 3.76. The van der Waals surface area contributed by atoms with Crippen molar-refractivity contribution in [1.29, 1.82) is 0 Å². The third-order valence-electron chi connectivity index (χ3n) is 2.10. The van der Waals surface area contributed by atoms with Gasteiger partial charge in [-0.25, -0.2) is 4.79 Å². The van der Waals surface area contributed by atoms with Gasteiger partial charge in [0.15, 0.2) is 6.10 Å². The van der Waals surface area contributed by atoms with Gasteiger partial charge in [0, 0.05) is 4.47 Å². The summed E-state index contributed by atoms with van der Waals surface area (Å²) < 4.78 is 7.15. The second-order valence-corrected chi connectivity index (χ2v) is 5.16. The number of hydrogen-bond donors (Lipinski definition) is 1. The molecule has 0 spiro atoms. The highest BCUT2D eigenvalue weighted by Crippen LogP contribution is 2.33. The molecule has 1 N–H and O–H groups in total. The highest BCUT2D eigenvalue weighted by molar-refractivity contribution is 9.11. The van der Waals surface area contributed by atoms with Gasteiger partial charge in [0.25, 0.3) is 0 Å². The van der Waals surface area contributed by atoms with Crippen LogP contribution in [-0.2, 0) is 4.79 Å². The van der Waals surface area contributed by atoms with E-state index in [0.29, 0.717) is 12.2 Å². The summed E-state index contributed by atoms with van der Waals surface area (Å²) in [5.74, 6) is -0.367. The van der Waals surface area contributed by atoms with E-state index in [1.807, 2.05) is 19.1 Å². The molecule has 1 aromatic rings. The molecule has 0 aliphatic carbocycles. The molecule has 0 aliphatic heterocycles. The third kappa shape index (κ3) is 3.22. The van der Waals surface area contributed by atoms with E-state index in [0.717, 1.165) is 14.5 Å². The standard InChI is InChI=1S/C11H12Br2O3/c1-3-9(11(14)15)16-10-6(2)4-7(12)5-8(10)13/h4-5,9H,3H2,1-2H3,(H,14,15). The summed E-state index contributed by atoms with van der Waals surface area (Å²) in [6, 6.07) is 3.71. The van der Waals surface area contributed by atoms with Crippen LogP contribution in [0.1, 0.15) is 18.9 Å². The normalized spacial score (nSPS) is 12.2. The fraction of sp³-hybridized carbons (Fsp3) is 0.364. The number of aryl methyl sites for hydroxylation is 1. The molecule has 0 saturated heterocycles. The van der Waals surface area contributed by atoms with Gasteiger partial charge in [-0.15, -0.1) is 0 Å². The van der Waals surface area contributed by atoms with Crippen LogP contribution in [0.5, 0.6) is 5.75 Å². The molecule has 0 aromatic heterocycles. The minimum atomic E-state index is -0.947. The quantitative estimate of drug-likeness (QED) is 0.898. The minimum Gasteiger partial charge on any atom is -0.479 e. The van der Waals surface area contributed by atoms with Crippen LogP contribution in [0.15, 0.2) is 21.1 Å². The number of ether oxygens (including phenoxy) is 1. The number of carboxylic acids is 1. The monoisotopic (exact) mass is 350 g/mol. The van der Waals surface area contributed by atoms with Gasteiger partial charge in [0.05, 0.1) is 4.47 Å². The Morgan fingerprint density at radius 1 is 1.50 bits per heavy atom. The van der Waals surface area contributed by atoms with Crippen molar-refractivity contribution in [2.45, 2.75) is 26.4 Å². The Labute approximate surface area is 111 Å². The first kappa shape index (κ1) is 13.5. The lowest BCUT2D eigenvalue weighted by Crippen LogP contribution is -2.26. The summed E-state index contributed by atoms with van der Waals surface area (Å²) in [6.07, 6.45) is -0.381. The zero-order valence-corrected chi connectivity index (χ0v) is 12.1. The molecule has 1 atom stereocenters. The number of carboxylic acid groups (broad SMARTS) is 1. The van der Waals surface area contributed by atoms with E-state index < -0.39 is 12.1 Å². The van der Waals surface area contributed by atoms with Crippen molar-refractivity contribution in [2.75, 3.05) is 0 Å². The number of benzene rings is 1. The average Bonchev–Trinajstić information content (AvgIpc) is 2.15. The van der Waals surface area contributed by atoms with E-state index in [2.05, 4.69) is 31.9 Å². The maximum atomic E-state index is 10.9. The Balaban J connectivity index is 3.01. The van der Waals surface area contributed by atoms with E-state index in [9.17, 15) is 4.79 Å². The first-order chi connectivity index (χ1) is 7.45. The second-order valence-electron chi connectivity index (χ2n) is 3.39. The number of hydrogen-bond acceptors (Lipinski definition) is 2. The van der Waals surface area contributed by atoms with Crippen molar-refractivity contribution >= 4 is 37.8 Å². The number of carbonyl (C=O) groups is 1. The molecule has 0 amide bonds. The first-order valence-electron chi connectivity index (χ1n) is 4.80. The fourth-order valence-electron chi connectivity index (χ4n) is 1.29. The van der Waals surface area contributed by atoms with E-state index in [4.69, 9.17) is 9.84 Å². The van der Waals surface area contributed by atoms with Crippen LogP contribution >= 0.6 is 31.9 Å². The molecular weight excluding hydrogens is 340 g/mol. The Morgan fingerprint density at radius 2 is 2.12 bits per heavy atom. The van der Waals surface area contributed by atoms with E-state index in [-0.39, 0.29) is 0 Å². The van der Waals surface area contributed by atoms with Crippen LogP contribution in [0, 0.1) is 6.92 Å². The number of aliphatic carboxylic acids is 1. The average molecular weight is 352 g/mol. The zero-order valence-electron chi connectivity index (χ0n) is 8.96. The van der Waals surface area contributed by atoms with Crippen LogP contribution in [0.3, 0.4) is 0 Å². The van der Waals surface area contributed by atoms with Crippen molar-refractivity contribution in [1.82, 2.24) is 0 Å². The van der Waals surface area contributed by atoms with Gasteiger partial charge in [0.1, 0.15) is 5.75 Å². The second kappa shape index (κ2) is 5.68. The molecule has 5 heteroatoms.